The number of carbonyl (C=O) groups is 2. The van der Waals surface area contributed by atoms with Crippen LogP contribution in [0.25, 0.3) is 5.69 Å². The molecule has 0 bridgehead atoms. The quantitative estimate of drug-likeness (QED) is 0.791. The van der Waals surface area contributed by atoms with Gasteiger partial charge in [-0.25, -0.2) is 4.68 Å². The van der Waals surface area contributed by atoms with Crippen LogP contribution in [0, 0.1) is 0 Å². The summed E-state index contributed by atoms with van der Waals surface area (Å²) in [4.78, 5) is 25.5. The molecule has 1 saturated heterocycles. The highest BCUT2D eigenvalue weighted by atomic mass is 35.5. The van der Waals surface area contributed by atoms with Crippen LogP contribution in [0.1, 0.15) is 37.3 Å². The maximum Gasteiger partial charge on any atom is 0.320 e. The van der Waals surface area contributed by atoms with Gasteiger partial charge in [0.05, 0.1) is 17.9 Å². The fourth-order valence-corrected chi connectivity index (χ4v) is 3.49. The van der Waals surface area contributed by atoms with Crippen molar-refractivity contribution in [3.05, 3.63) is 42.1 Å². The van der Waals surface area contributed by atoms with E-state index in [-0.39, 0.29) is 24.9 Å². The minimum absolute atomic E-state index is 0. The lowest BCUT2D eigenvalue weighted by Gasteiger charge is -2.20. The average Bonchev–Trinajstić information content (AvgIpc) is 3.23. The highest BCUT2D eigenvalue weighted by Gasteiger charge is 2.32. The summed E-state index contributed by atoms with van der Waals surface area (Å²) in [6, 6.07) is 11.1. The van der Waals surface area contributed by atoms with E-state index in [2.05, 4.69) is 10.4 Å². The summed E-state index contributed by atoms with van der Waals surface area (Å²) < 4.78 is 1.75. The fraction of sp³-hybridized carbons (Fsp3) is 0.421. The normalized spacial score (nSPS) is 19.5. The number of para-hydroxylation sites is 1. The smallest absolute Gasteiger partial charge is 0.320 e. The zero-order valence-electron chi connectivity index (χ0n) is 14.9. The molecule has 2 fully saturated rings. The Morgan fingerprint density at radius 2 is 1.93 bits per heavy atom. The van der Waals surface area contributed by atoms with Crippen LogP contribution >= 0.6 is 12.4 Å². The molecule has 27 heavy (non-hydrogen) atoms. The number of rotatable bonds is 6. The number of carboxylic acids is 1. The van der Waals surface area contributed by atoms with Gasteiger partial charge in [0.25, 0.3) is 0 Å². The molecule has 1 amide bonds. The molecule has 2 aliphatic rings. The van der Waals surface area contributed by atoms with E-state index in [1.807, 2.05) is 36.4 Å². The van der Waals surface area contributed by atoms with Crippen molar-refractivity contribution in [3.63, 3.8) is 0 Å². The van der Waals surface area contributed by atoms with Gasteiger partial charge in [0.15, 0.2) is 0 Å². The van der Waals surface area contributed by atoms with Gasteiger partial charge in [-0.15, -0.1) is 12.4 Å². The number of hydrogen-bond acceptors (Lipinski definition) is 4. The summed E-state index contributed by atoms with van der Waals surface area (Å²) in [6.07, 6.45) is 3.66. The molecule has 1 aliphatic heterocycles. The maximum absolute atomic E-state index is 12.5. The molecule has 0 spiro atoms. The van der Waals surface area contributed by atoms with Crippen LogP contribution < -0.4 is 5.32 Å². The van der Waals surface area contributed by atoms with Crippen molar-refractivity contribution in [1.29, 1.82) is 0 Å². The van der Waals surface area contributed by atoms with Crippen molar-refractivity contribution < 1.29 is 14.7 Å². The van der Waals surface area contributed by atoms with Crippen molar-refractivity contribution in [2.75, 3.05) is 18.4 Å². The van der Waals surface area contributed by atoms with Crippen LogP contribution in [-0.4, -0.2) is 50.8 Å². The molecule has 1 unspecified atom stereocenters. The summed E-state index contributed by atoms with van der Waals surface area (Å²) in [5, 5.41) is 16.9. The molecule has 1 atom stereocenters. The van der Waals surface area contributed by atoms with E-state index < -0.39 is 12.0 Å². The number of carbonyl (C=O) groups excluding carboxylic acids is 1. The van der Waals surface area contributed by atoms with Crippen LogP contribution in [0.15, 0.2) is 36.4 Å². The van der Waals surface area contributed by atoms with Crippen LogP contribution in [0.4, 0.5) is 5.82 Å². The molecule has 144 valence electrons. The number of carboxylic acid groups (broad SMARTS) is 1. The number of amides is 1. The van der Waals surface area contributed by atoms with Crippen LogP contribution in [0.5, 0.6) is 0 Å². The first-order chi connectivity index (χ1) is 12.6. The SMILES string of the molecule is Cl.O=C(CN1CCCC1C(=O)O)Nc1cc(C2CC2)nn1-c1ccccc1. The van der Waals surface area contributed by atoms with E-state index in [4.69, 9.17) is 0 Å². The van der Waals surface area contributed by atoms with Gasteiger partial charge < -0.3 is 10.4 Å². The minimum Gasteiger partial charge on any atom is -0.480 e. The number of nitrogens with one attached hydrogen (secondary N) is 1. The number of anilines is 1. The third-order valence-electron chi connectivity index (χ3n) is 4.99. The summed E-state index contributed by atoms with van der Waals surface area (Å²) in [5.41, 5.74) is 1.88. The van der Waals surface area contributed by atoms with Gasteiger partial charge in [0.2, 0.25) is 5.91 Å². The van der Waals surface area contributed by atoms with Gasteiger partial charge in [-0.05, 0) is 44.4 Å². The van der Waals surface area contributed by atoms with E-state index in [0.29, 0.717) is 24.7 Å². The van der Waals surface area contributed by atoms with E-state index in [9.17, 15) is 14.7 Å². The predicted octanol–water partition coefficient (Wildman–Crippen LogP) is 2.66. The van der Waals surface area contributed by atoms with Crippen molar-refractivity contribution >= 4 is 30.1 Å². The highest BCUT2D eigenvalue weighted by molar-refractivity contribution is 5.92. The topological polar surface area (TPSA) is 87.5 Å². The molecule has 8 heteroatoms. The third-order valence-corrected chi connectivity index (χ3v) is 4.99. The predicted molar refractivity (Wildman–Crippen MR) is 104 cm³/mol. The summed E-state index contributed by atoms with van der Waals surface area (Å²) in [5.74, 6) is 0.0398. The molecular weight excluding hydrogens is 368 g/mol. The fourth-order valence-electron chi connectivity index (χ4n) is 3.49. The number of halogens is 1. The minimum atomic E-state index is -0.861. The Balaban J connectivity index is 0.00000210. The molecular formula is C19H23ClN4O3. The van der Waals surface area contributed by atoms with Crippen LogP contribution in [-0.2, 0) is 9.59 Å². The molecule has 2 aromatic rings. The van der Waals surface area contributed by atoms with Gasteiger partial charge >= 0.3 is 5.97 Å². The molecule has 1 saturated carbocycles. The monoisotopic (exact) mass is 390 g/mol. The molecule has 2 N–H and O–H groups in total. The van der Waals surface area contributed by atoms with Gasteiger partial charge in [-0.2, -0.15) is 5.10 Å². The Morgan fingerprint density at radius 3 is 2.59 bits per heavy atom. The second kappa shape index (κ2) is 8.10. The summed E-state index contributed by atoms with van der Waals surface area (Å²) >= 11 is 0. The zero-order chi connectivity index (χ0) is 18.1. The van der Waals surface area contributed by atoms with E-state index in [1.54, 1.807) is 9.58 Å². The molecule has 2 heterocycles. The lowest BCUT2D eigenvalue weighted by atomic mass is 10.2. The van der Waals surface area contributed by atoms with E-state index >= 15 is 0 Å². The Bertz CT molecular complexity index is 820. The largest absolute Gasteiger partial charge is 0.480 e. The number of benzene rings is 1. The first-order valence-corrected chi connectivity index (χ1v) is 9.04. The van der Waals surface area contributed by atoms with E-state index in [0.717, 1.165) is 30.6 Å². The van der Waals surface area contributed by atoms with Crippen molar-refractivity contribution in [3.8, 4) is 5.69 Å². The molecule has 1 aliphatic carbocycles. The Hall–Kier alpha value is -2.38. The zero-order valence-corrected chi connectivity index (χ0v) is 15.7. The lowest BCUT2D eigenvalue weighted by Crippen LogP contribution is -2.41. The Kier molecular flexibility index (Phi) is 5.82. The van der Waals surface area contributed by atoms with Crippen LogP contribution in [0.3, 0.4) is 0 Å². The van der Waals surface area contributed by atoms with E-state index in [1.165, 1.54) is 0 Å². The molecule has 7 nitrogen and oxygen atoms in total. The third kappa shape index (κ3) is 4.31. The number of nitrogens with zero attached hydrogens (tertiary/aromatic N) is 3. The number of aliphatic carboxylic acids is 1. The first-order valence-electron chi connectivity index (χ1n) is 9.04. The summed E-state index contributed by atoms with van der Waals surface area (Å²) in [7, 11) is 0. The lowest BCUT2D eigenvalue weighted by molar-refractivity contribution is -0.142. The molecule has 4 rings (SSSR count). The molecule has 1 aromatic heterocycles. The standard InChI is InChI=1S/C19H22N4O3.ClH/c24-18(12-22-10-4-7-16(22)19(25)26)20-17-11-15(13-8-9-13)21-23(17)14-5-2-1-3-6-14;/h1-3,5-6,11,13,16H,4,7-10,12H2,(H,20,24)(H,25,26);1H. The van der Waals surface area contributed by atoms with Crippen molar-refractivity contribution in [1.82, 2.24) is 14.7 Å². The highest BCUT2D eigenvalue weighted by Crippen LogP contribution is 2.40. The maximum atomic E-state index is 12.5. The second-order valence-corrected chi connectivity index (χ2v) is 6.99. The van der Waals surface area contributed by atoms with Crippen LogP contribution in [0.2, 0.25) is 0 Å². The Morgan fingerprint density at radius 1 is 1.19 bits per heavy atom. The van der Waals surface area contributed by atoms with Crippen molar-refractivity contribution in [2.24, 2.45) is 0 Å². The average molecular weight is 391 g/mol. The number of aromatic nitrogens is 2. The Labute approximate surface area is 163 Å². The van der Waals surface area contributed by atoms with Crippen molar-refractivity contribution in [2.45, 2.75) is 37.6 Å². The number of likely N-dealkylation sites (tertiary alicyclic amines) is 1. The first kappa shape index (κ1) is 19.4. The number of hydrogen-bond donors (Lipinski definition) is 2. The summed E-state index contributed by atoms with van der Waals surface area (Å²) in [6.45, 7) is 0.714. The van der Waals surface area contributed by atoms with Gasteiger partial charge in [0, 0.05) is 12.0 Å². The molecule has 1 aromatic carbocycles. The van der Waals surface area contributed by atoms with Gasteiger partial charge in [-0.3, -0.25) is 14.5 Å². The second-order valence-electron chi connectivity index (χ2n) is 6.99. The molecule has 0 radical (unpaired) electrons. The van der Waals surface area contributed by atoms with Gasteiger partial charge in [-0.1, -0.05) is 18.2 Å². The van der Waals surface area contributed by atoms with Gasteiger partial charge in [0.1, 0.15) is 11.9 Å².